The first-order valence-corrected chi connectivity index (χ1v) is 10.6. The molecule has 2 N–H and O–H groups in total. The smallest absolute Gasteiger partial charge is 0.241 e. The van der Waals surface area contributed by atoms with E-state index >= 15 is 0 Å². The number of hydrogen-bond acceptors (Lipinski definition) is 3. The van der Waals surface area contributed by atoms with Crippen molar-refractivity contribution in [2.75, 3.05) is 13.1 Å². The second-order valence-electron chi connectivity index (χ2n) is 6.65. The van der Waals surface area contributed by atoms with Crippen molar-refractivity contribution in [2.24, 2.45) is 0 Å². The minimum atomic E-state index is -3.74. The first kappa shape index (κ1) is 19.5. The topological polar surface area (TPSA) is 75.3 Å². The highest BCUT2D eigenvalue weighted by molar-refractivity contribution is 7.89. The van der Waals surface area contributed by atoms with Crippen LogP contribution in [-0.2, 0) is 34.1 Å². The lowest BCUT2D eigenvalue weighted by Crippen LogP contribution is -2.37. The fourth-order valence-electron chi connectivity index (χ4n) is 3.22. The molecule has 7 heteroatoms. The van der Waals surface area contributed by atoms with E-state index in [9.17, 15) is 17.6 Å². The molecule has 0 saturated carbocycles. The van der Waals surface area contributed by atoms with E-state index in [-0.39, 0.29) is 23.8 Å². The summed E-state index contributed by atoms with van der Waals surface area (Å²) in [5.74, 6) is -0.771. The van der Waals surface area contributed by atoms with Crippen LogP contribution in [0.4, 0.5) is 4.39 Å². The zero-order chi connectivity index (χ0) is 19.3. The Morgan fingerprint density at radius 2 is 1.78 bits per heavy atom. The molecule has 3 rings (SSSR count). The minimum Gasteiger partial charge on any atom is -0.355 e. The summed E-state index contributed by atoms with van der Waals surface area (Å²) in [5, 5.41) is 2.60. The summed E-state index contributed by atoms with van der Waals surface area (Å²) in [7, 11) is -3.74. The number of fused-ring (bicyclic) bond motifs is 1. The summed E-state index contributed by atoms with van der Waals surface area (Å²) in [6.45, 7) is -0.114. The molecule has 0 aliphatic heterocycles. The Bertz CT molecular complexity index is 929. The van der Waals surface area contributed by atoms with Crippen molar-refractivity contribution in [2.45, 2.75) is 37.0 Å². The monoisotopic (exact) mass is 390 g/mol. The van der Waals surface area contributed by atoms with Crippen LogP contribution in [0.15, 0.2) is 47.4 Å². The number of carbonyl (C=O) groups is 1. The number of hydrogen-bond donors (Lipinski definition) is 2. The summed E-state index contributed by atoms with van der Waals surface area (Å²) >= 11 is 0. The van der Waals surface area contributed by atoms with Gasteiger partial charge in [0, 0.05) is 6.54 Å². The highest BCUT2D eigenvalue weighted by atomic mass is 32.2. The third-order valence-electron chi connectivity index (χ3n) is 4.73. The van der Waals surface area contributed by atoms with Crippen LogP contribution < -0.4 is 10.0 Å². The summed E-state index contributed by atoms with van der Waals surface area (Å²) < 4.78 is 40.7. The van der Waals surface area contributed by atoms with Crippen LogP contribution in [0.2, 0.25) is 0 Å². The summed E-state index contributed by atoms with van der Waals surface area (Å²) in [6.07, 6.45) is 4.40. The van der Waals surface area contributed by atoms with E-state index in [0.29, 0.717) is 12.0 Å². The number of carbonyl (C=O) groups excluding carboxylic acids is 1. The van der Waals surface area contributed by atoms with Crippen molar-refractivity contribution in [3.05, 3.63) is 65.0 Å². The molecule has 5 nitrogen and oxygen atoms in total. The van der Waals surface area contributed by atoms with E-state index in [1.165, 1.54) is 11.6 Å². The van der Waals surface area contributed by atoms with Gasteiger partial charge in [-0.05, 0) is 67.0 Å². The second-order valence-corrected chi connectivity index (χ2v) is 8.42. The van der Waals surface area contributed by atoms with Gasteiger partial charge >= 0.3 is 0 Å². The molecule has 0 spiro atoms. The average molecular weight is 390 g/mol. The number of halogens is 1. The van der Waals surface area contributed by atoms with Crippen molar-refractivity contribution in [1.82, 2.24) is 10.0 Å². The quantitative estimate of drug-likeness (QED) is 0.762. The van der Waals surface area contributed by atoms with Crippen LogP contribution in [0.1, 0.15) is 29.5 Å². The summed E-state index contributed by atoms with van der Waals surface area (Å²) in [4.78, 5) is 12.1. The summed E-state index contributed by atoms with van der Waals surface area (Å²) in [5.41, 5.74) is 2.77. The number of amides is 1. The first-order valence-electron chi connectivity index (χ1n) is 9.07. The van der Waals surface area contributed by atoms with E-state index in [1.54, 1.807) is 30.3 Å². The van der Waals surface area contributed by atoms with Crippen LogP contribution >= 0.6 is 0 Å². The molecule has 0 bridgehead atoms. The Morgan fingerprint density at radius 1 is 1.04 bits per heavy atom. The zero-order valence-electron chi connectivity index (χ0n) is 15.0. The van der Waals surface area contributed by atoms with Gasteiger partial charge in [0.25, 0.3) is 0 Å². The Balaban J connectivity index is 1.51. The molecular weight excluding hydrogens is 367 g/mol. The second kappa shape index (κ2) is 8.63. The predicted molar refractivity (Wildman–Crippen MR) is 101 cm³/mol. The molecule has 2 aromatic rings. The molecule has 2 aromatic carbocycles. The fourth-order valence-corrected chi connectivity index (χ4v) is 4.25. The molecule has 0 saturated heterocycles. The van der Waals surface area contributed by atoms with Crippen molar-refractivity contribution < 1.29 is 17.6 Å². The molecule has 0 atom stereocenters. The molecule has 27 heavy (non-hydrogen) atoms. The normalized spacial score (nSPS) is 13.8. The van der Waals surface area contributed by atoms with Crippen molar-refractivity contribution >= 4 is 15.9 Å². The van der Waals surface area contributed by atoms with Crippen LogP contribution in [0, 0.1) is 5.82 Å². The molecular formula is C20H23FN2O3S. The lowest BCUT2D eigenvalue weighted by molar-refractivity contribution is -0.119. The van der Waals surface area contributed by atoms with Gasteiger partial charge in [-0.25, -0.2) is 17.5 Å². The Morgan fingerprint density at radius 3 is 2.56 bits per heavy atom. The maximum Gasteiger partial charge on any atom is 0.241 e. The Hall–Kier alpha value is -2.25. The van der Waals surface area contributed by atoms with Gasteiger partial charge in [-0.3, -0.25) is 4.79 Å². The first-order chi connectivity index (χ1) is 13.0. The van der Waals surface area contributed by atoms with Crippen molar-refractivity contribution in [1.29, 1.82) is 0 Å². The van der Waals surface area contributed by atoms with Gasteiger partial charge in [0.15, 0.2) is 0 Å². The van der Waals surface area contributed by atoms with Crippen LogP contribution in [-0.4, -0.2) is 27.4 Å². The molecule has 0 unspecified atom stereocenters. The Kier molecular flexibility index (Phi) is 6.23. The molecule has 1 amide bonds. The highest BCUT2D eigenvalue weighted by Gasteiger charge is 2.18. The zero-order valence-corrected chi connectivity index (χ0v) is 15.8. The van der Waals surface area contributed by atoms with Crippen molar-refractivity contribution in [3.63, 3.8) is 0 Å². The van der Waals surface area contributed by atoms with E-state index in [2.05, 4.69) is 10.0 Å². The third-order valence-corrected chi connectivity index (χ3v) is 6.13. The van der Waals surface area contributed by atoms with Gasteiger partial charge in [-0.15, -0.1) is 0 Å². The lowest BCUT2D eigenvalue weighted by Gasteiger charge is -2.16. The van der Waals surface area contributed by atoms with Crippen LogP contribution in [0.5, 0.6) is 0 Å². The standard InChI is InChI=1S/C20H23FN2O3S/c21-19-8-4-3-6-16(19)11-12-22-20(24)14-23-27(25,26)18-10-9-15-5-1-2-7-17(15)13-18/h3-4,6,8-10,13,23H,1-2,5,7,11-12,14H2,(H,22,24). The molecule has 0 fully saturated rings. The molecule has 0 radical (unpaired) electrons. The fraction of sp³-hybridized carbons (Fsp3) is 0.350. The SMILES string of the molecule is O=C(CNS(=O)(=O)c1ccc2c(c1)CCCC2)NCCc1ccccc1F. The number of aryl methyl sites for hydroxylation is 2. The Labute approximate surface area is 159 Å². The minimum absolute atomic E-state index is 0.183. The van der Waals surface area contributed by atoms with Gasteiger partial charge in [0.05, 0.1) is 11.4 Å². The predicted octanol–water partition coefficient (Wildman–Crippen LogP) is 2.34. The van der Waals surface area contributed by atoms with E-state index in [1.807, 2.05) is 6.07 Å². The van der Waals surface area contributed by atoms with Gasteiger partial charge in [0.1, 0.15) is 5.82 Å². The van der Waals surface area contributed by atoms with E-state index in [4.69, 9.17) is 0 Å². The highest BCUT2D eigenvalue weighted by Crippen LogP contribution is 2.23. The number of nitrogens with one attached hydrogen (secondary N) is 2. The molecule has 0 aromatic heterocycles. The molecule has 1 aliphatic carbocycles. The van der Waals surface area contributed by atoms with Gasteiger partial charge in [-0.2, -0.15) is 0 Å². The molecule has 1 aliphatic rings. The lowest BCUT2D eigenvalue weighted by atomic mass is 9.92. The van der Waals surface area contributed by atoms with Crippen LogP contribution in [0.25, 0.3) is 0 Å². The number of sulfonamides is 1. The average Bonchev–Trinajstić information content (AvgIpc) is 2.67. The van der Waals surface area contributed by atoms with E-state index in [0.717, 1.165) is 31.2 Å². The number of rotatable bonds is 7. The maximum atomic E-state index is 13.5. The van der Waals surface area contributed by atoms with Gasteiger partial charge in [0.2, 0.25) is 15.9 Å². The number of benzene rings is 2. The van der Waals surface area contributed by atoms with Crippen LogP contribution in [0.3, 0.4) is 0 Å². The molecule has 144 valence electrons. The molecule has 0 heterocycles. The van der Waals surface area contributed by atoms with Gasteiger partial charge in [-0.1, -0.05) is 24.3 Å². The van der Waals surface area contributed by atoms with Gasteiger partial charge < -0.3 is 5.32 Å². The maximum absolute atomic E-state index is 13.5. The van der Waals surface area contributed by atoms with E-state index < -0.39 is 15.9 Å². The third kappa shape index (κ3) is 5.14. The summed E-state index contributed by atoms with van der Waals surface area (Å²) in [6, 6.07) is 11.5. The van der Waals surface area contributed by atoms with Crippen molar-refractivity contribution in [3.8, 4) is 0 Å². The largest absolute Gasteiger partial charge is 0.355 e.